The van der Waals surface area contributed by atoms with Crippen LogP contribution in [0.4, 0.5) is 0 Å². The number of aldehydes is 1. The maximum absolute atomic E-state index is 12.7. The molecule has 34 heavy (non-hydrogen) atoms. The number of benzene rings is 2. The van der Waals surface area contributed by atoms with Crippen LogP contribution in [0.2, 0.25) is 0 Å². The van der Waals surface area contributed by atoms with Crippen molar-refractivity contribution in [2.75, 3.05) is 7.11 Å². The highest BCUT2D eigenvalue weighted by atomic mass is 16.6. The summed E-state index contributed by atoms with van der Waals surface area (Å²) in [6.07, 6.45) is 0.174. The summed E-state index contributed by atoms with van der Waals surface area (Å²) in [5, 5.41) is 2.70. The van der Waals surface area contributed by atoms with Gasteiger partial charge in [0.2, 0.25) is 0 Å². The Bertz CT molecular complexity index is 1120. The fourth-order valence-corrected chi connectivity index (χ4v) is 2.97. The number of amides is 2. The van der Waals surface area contributed by atoms with E-state index in [0.717, 1.165) is 11.8 Å². The van der Waals surface area contributed by atoms with Crippen molar-refractivity contribution in [3.05, 3.63) is 70.8 Å². The number of carbonyl (C=O) groups excluding carboxylic acids is 3. The van der Waals surface area contributed by atoms with E-state index in [1.807, 2.05) is 20.8 Å². The summed E-state index contributed by atoms with van der Waals surface area (Å²) >= 11 is 0. The molecule has 2 aromatic carbocycles. The third kappa shape index (κ3) is 8.55. The van der Waals surface area contributed by atoms with E-state index in [-0.39, 0.29) is 0 Å². The van der Waals surface area contributed by atoms with Crippen molar-refractivity contribution in [3.8, 4) is 23.7 Å². The summed E-state index contributed by atoms with van der Waals surface area (Å²) in [5.41, 5.74) is 4.13. The molecule has 0 spiro atoms. The summed E-state index contributed by atoms with van der Waals surface area (Å²) in [5.74, 6) is 10.4. The molecule has 0 radical (unpaired) electrons. The van der Waals surface area contributed by atoms with Gasteiger partial charge in [-0.3, -0.25) is 19.2 Å². The number of hydroxylamine groups is 1. The van der Waals surface area contributed by atoms with Crippen molar-refractivity contribution in [1.29, 1.82) is 0 Å². The molecule has 2 N–H and O–H groups in total. The Morgan fingerprint density at radius 3 is 1.94 bits per heavy atom. The van der Waals surface area contributed by atoms with E-state index in [4.69, 9.17) is 9.57 Å². The fraction of sp³-hybridized carbons (Fsp3) is 0.296. The lowest BCUT2D eigenvalue weighted by Gasteiger charge is -2.30. The van der Waals surface area contributed by atoms with Gasteiger partial charge in [-0.05, 0) is 75.9 Å². The lowest BCUT2D eigenvalue weighted by atomic mass is 10.1. The molecule has 0 aliphatic carbocycles. The quantitative estimate of drug-likeness (QED) is 0.377. The average molecular weight is 461 g/mol. The molecule has 0 fully saturated rings. The standard InChI is InChI=1S/C27H28N2O5/c1-19(34-27(2,3)4)24(26(32)29-33-5)28-25(31)23-16-14-21(15-17-23)9-7-6-8-20-10-12-22(18-30)13-11-20/h10-19,24H,1-5H3,(H,28,31)(H,29,32)/t19-,24?/m1/s1. The summed E-state index contributed by atoms with van der Waals surface area (Å²) in [4.78, 5) is 40.5. The van der Waals surface area contributed by atoms with Crippen molar-refractivity contribution < 1.29 is 24.0 Å². The molecule has 0 heterocycles. The van der Waals surface area contributed by atoms with Crippen LogP contribution in [-0.2, 0) is 14.4 Å². The molecule has 2 amide bonds. The van der Waals surface area contributed by atoms with E-state index in [0.29, 0.717) is 16.7 Å². The van der Waals surface area contributed by atoms with E-state index in [1.165, 1.54) is 7.11 Å². The Morgan fingerprint density at radius 2 is 1.47 bits per heavy atom. The van der Waals surface area contributed by atoms with E-state index >= 15 is 0 Å². The molecule has 0 saturated heterocycles. The minimum Gasteiger partial charge on any atom is -0.370 e. The monoisotopic (exact) mass is 460 g/mol. The first kappa shape index (κ1) is 26.3. The Hall–Kier alpha value is -3.91. The molecule has 176 valence electrons. The first-order valence-electron chi connectivity index (χ1n) is 10.6. The zero-order chi connectivity index (χ0) is 25.1. The van der Waals surface area contributed by atoms with Gasteiger partial charge in [-0.2, -0.15) is 0 Å². The van der Waals surface area contributed by atoms with Crippen molar-refractivity contribution in [2.24, 2.45) is 0 Å². The molecule has 0 aliphatic rings. The van der Waals surface area contributed by atoms with Gasteiger partial charge >= 0.3 is 0 Å². The van der Waals surface area contributed by atoms with Crippen LogP contribution in [0, 0.1) is 23.7 Å². The van der Waals surface area contributed by atoms with Gasteiger partial charge in [-0.1, -0.05) is 24.0 Å². The van der Waals surface area contributed by atoms with Gasteiger partial charge < -0.3 is 10.1 Å². The summed E-state index contributed by atoms with van der Waals surface area (Å²) in [6, 6.07) is 12.5. The zero-order valence-corrected chi connectivity index (χ0v) is 19.9. The van der Waals surface area contributed by atoms with Gasteiger partial charge in [0.1, 0.15) is 12.3 Å². The normalized spacial score (nSPS) is 12.1. The Labute approximate surface area is 200 Å². The van der Waals surface area contributed by atoms with Crippen LogP contribution < -0.4 is 10.8 Å². The molecule has 2 aromatic rings. The van der Waals surface area contributed by atoms with Gasteiger partial charge in [0.05, 0.1) is 18.8 Å². The molecular formula is C27H28N2O5. The number of hydrogen-bond acceptors (Lipinski definition) is 5. The van der Waals surface area contributed by atoms with Gasteiger partial charge in [-0.25, -0.2) is 5.48 Å². The van der Waals surface area contributed by atoms with E-state index < -0.39 is 29.6 Å². The summed E-state index contributed by atoms with van der Waals surface area (Å²) in [6.45, 7) is 7.31. The molecule has 2 atom stereocenters. The summed E-state index contributed by atoms with van der Waals surface area (Å²) in [7, 11) is 1.32. The molecule has 2 rings (SSSR count). The minimum atomic E-state index is -0.956. The highest BCUT2D eigenvalue weighted by Gasteiger charge is 2.31. The van der Waals surface area contributed by atoms with Crippen molar-refractivity contribution in [1.82, 2.24) is 10.8 Å². The highest BCUT2D eigenvalue weighted by molar-refractivity contribution is 5.97. The lowest BCUT2D eigenvalue weighted by Crippen LogP contribution is -2.54. The molecule has 1 unspecified atom stereocenters. The zero-order valence-electron chi connectivity index (χ0n) is 19.9. The molecular weight excluding hydrogens is 432 g/mol. The molecule has 0 bridgehead atoms. The topological polar surface area (TPSA) is 93.7 Å². The van der Waals surface area contributed by atoms with Crippen LogP contribution in [0.3, 0.4) is 0 Å². The number of nitrogens with one attached hydrogen (secondary N) is 2. The van der Waals surface area contributed by atoms with Crippen LogP contribution in [-0.4, -0.2) is 43.0 Å². The smallest absolute Gasteiger partial charge is 0.268 e. The second kappa shape index (κ2) is 12.4. The van der Waals surface area contributed by atoms with E-state index in [2.05, 4.69) is 34.5 Å². The van der Waals surface area contributed by atoms with Gasteiger partial charge in [-0.15, -0.1) is 0 Å². The second-order valence-electron chi connectivity index (χ2n) is 8.37. The van der Waals surface area contributed by atoms with Gasteiger partial charge in [0.15, 0.2) is 0 Å². The maximum Gasteiger partial charge on any atom is 0.268 e. The summed E-state index contributed by atoms with van der Waals surface area (Å²) < 4.78 is 5.84. The predicted molar refractivity (Wildman–Crippen MR) is 129 cm³/mol. The van der Waals surface area contributed by atoms with Crippen LogP contribution in [0.5, 0.6) is 0 Å². The first-order valence-corrected chi connectivity index (χ1v) is 10.6. The Balaban J connectivity index is 2.07. The maximum atomic E-state index is 12.7. The highest BCUT2D eigenvalue weighted by Crippen LogP contribution is 2.14. The van der Waals surface area contributed by atoms with Crippen LogP contribution in [0.25, 0.3) is 0 Å². The first-order chi connectivity index (χ1) is 16.1. The Kier molecular flexibility index (Phi) is 9.58. The third-order valence-electron chi connectivity index (χ3n) is 4.45. The minimum absolute atomic E-state index is 0.366. The van der Waals surface area contributed by atoms with Gasteiger partial charge in [0, 0.05) is 22.3 Å². The largest absolute Gasteiger partial charge is 0.370 e. The predicted octanol–water partition coefficient (Wildman–Crippen LogP) is 2.88. The van der Waals surface area contributed by atoms with E-state index in [9.17, 15) is 14.4 Å². The van der Waals surface area contributed by atoms with E-state index in [1.54, 1.807) is 55.5 Å². The fourth-order valence-electron chi connectivity index (χ4n) is 2.97. The van der Waals surface area contributed by atoms with Crippen molar-refractivity contribution in [3.63, 3.8) is 0 Å². The number of carbonyl (C=O) groups is 3. The molecule has 0 aromatic heterocycles. The lowest BCUT2D eigenvalue weighted by molar-refractivity contribution is -0.140. The Morgan fingerprint density at radius 1 is 0.941 bits per heavy atom. The molecule has 0 aliphatic heterocycles. The number of hydrogen-bond donors (Lipinski definition) is 2. The van der Waals surface area contributed by atoms with Crippen LogP contribution >= 0.6 is 0 Å². The second-order valence-corrected chi connectivity index (χ2v) is 8.37. The van der Waals surface area contributed by atoms with Crippen LogP contribution in [0.15, 0.2) is 48.5 Å². The molecule has 7 heteroatoms. The molecule has 0 saturated carbocycles. The number of ether oxygens (including phenoxy) is 1. The van der Waals surface area contributed by atoms with Crippen LogP contribution in [0.1, 0.15) is 59.5 Å². The molecule has 7 nitrogen and oxygen atoms in total. The van der Waals surface area contributed by atoms with Crippen molar-refractivity contribution >= 4 is 18.1 Å². The third-order valence-corrected chi connectivity index (χ3v) is 4.45. The average Bonchev–Trinajstić information content (AvgIpc) is 2.79. The van der Waals surface area contributed by atoms with Crippen molar-refractivity contribution in [2.45, 2.75) is 45.4 Å². The number of rotatable bonds is 7. The SMILES string of the molecule is CONC(=O)C(NC(=O)c1ccc(C#CC#Cc2ccc(C=O)cc2)cc1)[C@@H](C)OC(C)(C)C. The van der Waals surface area contributed by atoms with Gasteiger partial charge in [0.25, 0.3) is 11.8 Å².